The maximum atomic E-state index is 12.9. The number of ketones is 1. The summed E-state index contributed by atoms with van der Waals surface area (Å²) in [4.78, 5) is 25.1. The van der Waals surface area contributed by atoms with Gasteiger partial charge in [0.15, 0.2) is 34.5 Å². The Balaban J connectivity index is 2.39. The predicted molar refractivity (Wildman–Crippen MR) is 121 cm³/mol. The first-order chi connectivity index (χ1) is 15.4. The fraction of sp³-hybridized carbons (Fsp3) is 0.364. The minimum Gasteiger partial charge on any atom is -0.493 e. The molecule has 0 radical (unpaired) electrons. The van der Waals surface area contributed by atoms with E-state index in [0.717, 1.165) is 0 Å². The van der Waals surface area contributed by atoms with E-state index in [4.69, 9.17) is 30.5 Å². The van der Waals surface area contributed by atoms with Gasteiger partial charge in [0.1, 0.15) is 0 Å². The molecule has 0 saturated carbocycles. The number of halogens is 1. The Hall–Kier alpha value is -3.33. The van der Waals surface area contributed by atoms with Gasteiger partial charge in [-0.15, -0.1) is 5.11 Å². The lowest BCUT2D eigenvalue weighted by Gasteiger charge is -2.16. The Morgan fingerprint density at radius 1 is 1.03 bits per heavy atom. The summed E-state index contributed by atoms with van der Waals surface area (Å²) in [7, 11) is 2.86. The number of Topliss-reactive ketones (excluding diaryl/α,β-unsaturated/α-hetero) is 1. The molecule has 2 aromatic carbocycles. The Bertz CT molecular complexity index is 972. The molecule has 0 aliphatic heterocycles. The van der Waals surface area contributed by atoms with Crippen LogP contribution in [0.25, 0.3) is 0 Å². The van der Waals surface area contributed by atoms with Crippen LogP contribution in [0, 0.1) is 0 Å². The van der Waals surface area contributed by atoms with Gasteiger partial charge in [-0.2, -0.15) is 5.11 Å². The standard InChI is InChI=1S/C22H26ClN3O6/c1-6-31-16-9-8-10-17(32-7-2)20(16)26-25-19(13(3)27)22(28)24-15-11-14(23)12-18(29-4)21(15)30-5/h8-12,19H,6-7H2,1-5H3,(H,24,28). The number of ether oxygens (including phenoxy) is 4. The third-order valence-electron chi connectivity index (χ3n) is 4.17. The first-order valence-corrected chi connectivity index (χ1v) is 10.3. The molecule has 2 aromatic rings. The number of carbonyl (C=O) groups is 2. The molecule has 0 fully saturated rings. The van der Waals surface area contributed by atoms with Crippen molar-refractivity contribution in [3.8, 4) is 23.0 Å². The minimum absolute atomic E-state index is 0.230. The van der Waals surface area contributed by atoms with Gasteiger partial charge in [0, 0.05) is 11.1 Å². The average molecular weight is 464 g/mol. The van der Waals surface area contributed by atoms with E-state index in [1.54, 1.807) is 18.2 Å². The summed E-state index contributed by atoms with van der Waals surface area (Å²) in [5, 5.41) is 11.0. The highest BCUT2D eigenvalue weighted by atomic mass is 35.5. The van der Waals surface area contributed by atoms with Crippen molar-refractivity contribution in [3.63, 3.8) is 0 Å². The maximum Gasteiger partial charge on any atom is 0.258 e. The molecule has 9 nitrogen and oxygen atoms in total. The summed E-state index contributed by atoms with van der Waals surface area (Å²) in [6.45, 7) is 5.69. The fourth-order valence-electron chi connectivity index (χ4n) is 2.80. The predicted octanol–water partition coefficient (Wildman–Crippen LogP) is 4.83. The van der Waals surface area contributed by atoms with Gasteiger partial charge < -0.3 is 24.3 Å². The van der Waals surface area contributed by atoms with Gasteiger partial charge in [0.25, 0.3) is 5.91 Å². The fourth-order valence-corrected chi connectivity index (χ4v) is 3.01. The van der Waals surface area contributed by atoms with Crippen molar-refractivity contribution in [3.05, 3.63) is 35.4 Å². The summed E-state index contributed by atoms with van der Waals surface area (Å²) in [6.07, 6.45) is 0. The quantitative estimate of drug-likeness (QED) is 0.377. The van der Waals surface area contributed by atoms with Crippen LogP contribution in [0.4, 0.5) is 11.4 Å². The van der Waals surface area contributed by atoms with Crippen LogP contribution in [-0.4, -0.2) is 45.2 Å². The number of rotatable bonds is 11. The van der Waals surface area contributed by atoms with Crippen molar-refractivity contribution in [2.45, 2.75) is 26.8 Å². The van der Waals surface area contributed by atoms with Crippen LogP contribution in [0.5, 0.6) is 23.0 Å². The number of amides is 1. The summed E-state index contributed by atoms with van der Waals surface area (Å²) >= 11 is 6.10. The SMILES string of the molecule is CCOc1cccc(OCC)c1N=NC(C(C)=O)C(=O)Nc1cc(Cl)cc(OC)c1OC. The van der Waals surface area contributed by atoms with Crippen molar-refractivity contribution >= 4 is 34.7 Å². The molecule has 0 aliphatic rings. The van der Waals surface area contributed by atoms with Crippen molar-refractivity contribution in [2.75, 3.05) is 32.8 Å². The zero-order chi connectivity index (χ0) is 23.7. The van der Waals surface area contributed by atoms with Crippen LogP contribution in [0.3, 0.4) is 0 Å². The number of hydrogen-bond donors (Lipinski definition) is 1. The van der Waals surface area contributed by atoms with E-state index in [0.29, 0.717) is 35.5 Å². The van der Waals surface area contributed by atoms with Crippen LogP contribution >= 0.6 is 11.6 Å². The van der Waals surface area contributed by atoms with E-state index in [1.807, 2.05) is 13.8 Å². The molecule has 1 unspecified atom stereocenters. The molecular formula is C22H26ClN3O6. The molecule has 172 valence electrons. The number of nitrogens with one attached hydrogen (secondary N) is 1. The highest BCUT2D eigenvalue weighted by Gasteiger charge is 2.26. The summed E-state index contributed by atoms with van der Waals surface area (Å²) in [6, 6.07) is 6.75. The lowest BCUT2D eigenvalue weighted by Crippen LogP contribution is -2.32. The maximum absolute atomic E-state index is 12.9. The average Bonchev–Trinajstić information content (AvgIpc) is 2.75. The van der Waals surface area contributed by atoms with Gasteiger partial charge in [-0.3, -0.25) is 9.59 Å². The summed E-state index contributed by atoms with van der Waals surface area (Å²) in [5.74, 6) is 0.201. The second kappa shape index (κ2) is 11.9. The molecule has 32 heavy (non-hydrogen) atoms. The Morgan fingerprint density at radius 3 is 2.16 bits per heavy atom. The third kappa shape index (κ3) is 6.10. The molecule has 0 aliphatic carbocycles. The molecule has 2 rings (SSSR count). The molecular weight excluding hydrogens is 438 g/mol. The number of anilines is 1. The number of benzene rings is 2. The number of carbonyl (C=O) groups excluding carboxylic acids is 2. The van der Waals surface area contributed by atoms with Crippen LogP contribution in [-0.2, 0) is 9.59 Å². The molecule has 0 spiro atoms. The van der Waals surface area contributed by atoms with Gasteiger partial charge in [0.2, 0.25) is 6.04 Å². The molecule has 1 N–H and O–H groups in total. The highest BCUT2D eigenvalue weighted by Crippen LogP contribution is 2.39. The summed E-state index contributed by atoms with van der Waals surface area (Å²) in [5.41, 5.74) is 0.519. The van der Waals surface area contributed by atoms with E-state index in [9.17, 15) is 9.59 Å². The topological polar surface area (TPSA) is 108 Å². The smallest absolute Gasteiger partial charge is 0.258 e. The molecule has 0 aromatic heterocycles. The first-order valence-electron chi connectivity index (χ1n) is 9.88. The van der Waals surface area contributed by atoms with Gasteiger partial charge in [-0.25, -0.2) is 0 Å². The zero-order valence-electron chi connectivity index (χ0n) is 18.6. The van der Waals surface area contributed by atoms with Gasteiger partial charge in [-0.05, 0) is 39.0 Å². The van der Waals surface area contributed by atoms with Crippen LogP contribution in [0.1, 0.15) is 20.8 Å². The van der Waals surface area contributed by atoms with E-state index in [2.05, 4.69) is 15.5 Å². The third-order valence-corrected chi connectivity index (χ3v) is 4.39. The number of nitrogens with zero attached hydrogens (tertiary/aromatic N) is 2. The minimum atomic E-state index is -1.42. The van der Waals surface area contributed by atoms with E-state index in [-0.39, 0.29) is 17.1 Å². The van der Waals surface area contributed by atoms with Crippen molar-refractivity contribution in [2.24, 2.45) is 10.2 Å². The monoisotopic (exact) mass is 463 g/mol. The van der Waals surface area contributed by atoms with E-state index < -0.39 is 17.7 Å². The lowest BCUT2D eigenvalue weighted by molar-refractivity contribution is -0.126. The van der Waals surface area contributed by atoms with Crippen LogP contribution in [0.15, 0.2) is 40.6 Å². The van der Waals surface area contributed by atoms with Gasteiger partial charge in [-0.1, -0.05) is 17.7 Å². The normalized spacial score (nSPS) is 11.7. The second-order valence-electron chi connectivity index (χ2n) is 6.38. The van der Waals surface area contributed by atoms with E-state index >= 15 is 0 Å². The Labute approximate surface area is 191 Å². The molecule has 1 atom stereocenters. The van der Waals surface area contributed by atoms with Crippen molar-refractivity contribution in [1.82, 2.24) is 0 Å². The number of methoxy groups -OCH3 is 2. The van der Waals surface area contributed by atoms with E-state index in [1.165, 1.54) is 33.3 Å². The largest absolute Gasteiger partial charge is 0.493 e. The van der Waals surface area contributed by atoms with Crippen LogP contribution < -0.4 is 24.3 Å². The molecule has 10 heteroatoms. The Kier molecular flexibility index (Phi) is 9.27. The summed E-state index contributed by atoms with van der Waals surface area (Å²) < 4.78 is 21.7. The molecule has 1 amide bonds. The van der Waals surface area contributed by atoms with Gasteiger partial charge >= 0.3 is 0 Å². The first kappa shape index (κ1) is 24.9. The number of hydrogen-bond acceptors (Lipinski definition) is 8. The zero-order valence-corrected chi connectivity index (χ0v) is 19.4. The van der Waals surface area contributed by atoms with Crippen molar-refractivity contribution in [1.29, 1.82) is 0 Å². The molecule has 0 bridgehead atoms. The van der Waals surface area contributed by atoms with Crippen LogP contribution in [0.2, 0.25) is 5.02 Å². The highest BCUT2D eigenvalue weighted by molar-refractivity contribution is 6.31. The number of azo groups is 1. The van der Waals surface area contributed by atoms with Crippen molar-refractivity contribution < 1.29 is 28.5 Å². The molecule has 0 saturated heterocycles. The van der Waals surface area contributed by atoms with Gasteiger partial charge in [0.05, 0.1) is 33.1 Å². The second-order valence-corrected chi connectivity index (χ2v) is 6.81. The Morgan fingerprint density at radius 2 is 1.66 bits per heavy atom. The molecule has 0 heterocycles. The lowest BCUT2D eigenvalue weighted by atomic mass is 10.2.